The molecule has 0 unspecified atom stereocenters. The van der Waals surface area contributed by atoms with Crippen LogP contribution in [0.15, 0.2) is 18.3 Å². The van der Waals surface area contributed by atoms with Crippen molar-refractivity contribution < 1.29 is 13.3 Å². The van der Waals surface area contributed by atoms with E-state index in [4.69, 9.17) is 0 Å². The van der Waals surface area contributed by atoms with Gasteiger partial charge in [0, 0.05) is 45.3 Å². The van der Waals surface area contributed by atoms with Gasteiger partial charge in [-0.05, 0) is 18.9 Å². The Labute approximate surface area is 134 Å². The van der Waals surface area contributed by atoms with Crippen molar-refractivity contribution in [2.24, 2.45) is 0 Å². The Morgan fingerprint density at radius 1 is 1.00 bits per heavy atom. The lowest BCUT2D eigenvalue weighted by Crippen LogP contribution is -2.52. The molecule has 3 heterocycles. The van der Waals surface area contributed by atoms with Crippen molar-refractivity contribution in [3.05, 3.63) is 28.4 Å². The fraction of sp³-hybridized carbons (Fsp3) is 0.615. The van der Waals surface area contributed by atoms with Gasteiger partial charge in [-0.3, -0.25) is 10.1 Å². The number of pyridine rings is 1. The third kappa shape index (κ3) is 3.28. The highest BCUT2D eigenvalue weighted by Gasteiger charge is 2.33. The van der Waals surface area contributed by atoms with Crippen LogP contribution in [-0.2, 0) is 10.2 Å². The molecule has 0 atom stereocenters. The molecule has 0 aromatic carbocycles. The normalized spacial score (nSPS) is 20.8. The number of nitrogens with zero attached hydrogens (tertiary/aromatic N) is 5. The summed E-state index contributed by atoms with van der Waals surface area (Å²) in [5.74, 6) is 0.633. The molecule has 0 spiro atoms. The summed E-state index contributed by atoms with van der Waals surface area (Å²) in [5, 5.41) is 10.6. The van der Waals surface area contributed by atoms with Crippen molar-refractivity contribution in [1.29, 1.82) is 0 Å². The Bertz CT molecular complexity index is 664. The molecule has 0 N–H and O–H groups in total. The number of anilines is 1. The minimum Gasteiger partial charge on any atom is -0.354 e. The van der Waals surface area contributed by atoms with Gasteiger partial charge in [0.05, 0.1) is 4.92 Å². The molecule has 2 aliphatic rings. The fourth-order valence-electron chi connectivity index (χ4n) is 2.90. The van der Waals surface area contributed by atoms with E-state index >= 15 is 0 Å². The van der Waals surface area contributed by atoms with E-state index in [1.165, 1.54) is 16.6 Å². The molecule has 1 aromatic heterocycles. The average molecular weight is 341 g/mol. The minimum atomic E-state index is -3.36. The van der Waals surface area contributed by atoms with Crippen molar-refractivity contribution in [3.8, 4) is 0 Å². The monoisotopic (exact) mass is 341 g/mol. The first-order valence-electron chi connectivity index (χ1n) is 7.59. The van der Waals surface area contributed by atoms with Gasteiger partial charge in [-0.25, -0.2) is 4.98 Å². The molecule has 0 aliphatic carbocycles. The molecule has 0 bridgehead atoms. The summed E-state index contributed by atoms with van der Waals surface area (Å²) in [6.07, 6.45) is 3.07. The van der Waals surface area contributed by atoms with Crippen LogP contribution in [0, 0.1) is 10.1 Å². The van der Waals surface area contributed by atoms with Gasteiger partial charge in [-0.15, -0.1) is 0 Å². The second kappa shape index (κ2) is 6.38. The van der Waals surface area contributed by atoms with E-state index in [1.807, 2.05) is 4.90 Å². The van der Waals surface area contributed by atoms with Gasteiger partial charge in [0.2, 0.25) is 0 Å². The van der Waals surface area contributed by atoms with Crippen LogP contribution < -0.4 is 4.90 Å². The molecule has 2 fully saturated rings. The second-order valence-electron chi connectivity index (χ2n) is 5.63. The van der Waals surface area contributed by atoms with E-state index in [1.54, 1.807) is 10.4 Å². The van der Waals surface area contributed by atoms with Crippen LogP contribution in [0.4, 0.5) is 11.5 Å². The van der Waals surface area contributed by atoms with Gasteiger partial charge in [0.25, 0.3) is 15.9 Å². The summed E-state index contributed by atoms with van der Waals surface area (Å²) < 4.78 is 28.0. The lowest BCUT2D eigenvalue weighted by atomic mass is 10.3. The number of hydrogen-bond acceptors (Lipinski definition) is 6. The Morgan fingerprint density at radius 3 is 2.13 bits per heavy atom. The molecule has 3 rings (SSSR count). The molecule has 9 nitrogen and oxygen atoms in total. The maximum absolute atomic E-state index is 12.5. The lowest BCUT2D eigenvalue weighted by Gasteiger charge is -2.36. The zero-order valence-corrected chi connectivity index (χ0v) is 13.5. The smallest absolute Gasteiger partial charge is 0.287 e. The van der Waals surface area contributed by atoms with Crippen molar-refractivity contribution >= 4 is 21.7 Å². The molecule has 0 radical (unpaired) electrons. The Kier molecular flexibility index (Phi) is 4.46. The summed E-state index contributed by atoms with van der Waals surface area (Å²) in [7, 11) is -3.36. The number of piperazine rings is 1. The molecule has 0 saturated carbocycles. The highest BCUT2D eigenvalue weighted by atomic mass is 32.2. The Balaban J connectivity index is 1.63. The van der Waals surface area contributed by atoms with E-state index in [9.17, 15) is 18.5 Å². The predicted molar refractivity (Wildman–Crippen MR) is 84.4 cm³/mol. The van der Waals surface area contributed by atoms with Crippen LogP contribution in [0.2, 0.25) is 0 Å². The van der Waals surface area contributed by atoms with Crippen molar-refractivity contribution in [3.63, 3.8) is 0 Å². The van der Waals surface area contributed by atoms with Gasteiger partial charge in [0.1, 0.15) is 12.0 Å². The summed E-state index contributed by atoms with van der Waals surface area (Å²) in [4.78, 5) is 16.2. The largest absolute Gasteiger partial charge is 0.354 e. The molecule has 10 heteroatoms. The number of aromatic nitrogens is 1. The van der Waals surface area contributed by atoms with Gasteiger partial charge in [-0.2, -0.15) is 17.0 Å². The Morgan fingerprint density at radius 2 is 1.61 bits per heavy atom. The van der Waals surface area contributed by atoms with Gasteiger partial charge < -0.3 is 4.90 Å². The van der Waals surface area contributed by atoms with E-state index in [2.05, 4.69) is 4.98 Å². The van der Waals surface area contributed by atoms with E-state index in [0.717, 1.165) is 12.8 Å². The first kappa shape index (κ1) is 16.1. The third-order valence-corrected chi connectivity index (χ3v) is 6.26. The van der Waals surface area contributed by atoms with Crippen molar-refractivity contribution in [1.82, 2.24) is 13.6 Å². The second-order valence-corrected chi connectivity index (χ2v) is 7.56. The van der Waals surface area contributed by atoms with E-state index in [0.29, 0.717) is 45.1 Å². The maximum atomic E-state index is 12.5. The Hall–Kier alpha value is -1.78. The van der Waals surface area contributed by atoms with Crippen LogP contribution in [0.5, 0.6) is 0 Å². The highest BCUT2D eigenvalue weighted by molar-refractivity contribution is 7.86. The molecule has 2 saturated heterocycles. The van der Waals surface area contributed by atoms with Crippen LogP contribution in [0.25, 0.3) is 0 Å². The molecule has 0 amide bonds. The van der Waals surface area contributed by atoms with Crippen molar-refractivity contribution in [2.75, 3.05) is 44.2 Å². The van der Waals surface area contributed by atoms with E-state index < -0.39 is 15.1 Å². The highest BCUT2D eigenvalue weighted by Crippen LogP contribution is 2.21. The van der Waals surface area contributed by atoms with Gasteiger partial charge in [0.15, 0.2) is 0 Å². The van der Waals surface area contributed by atoms with Crippen LogP contribution >= 0.6 is 0 Å². The standard InChI is InChI=1S/C13H19N5O4S/c19-18(20)12-3-4-13(14-11-12)15-7-9-17(10-8-15)23(21,22)16-5-1-2-6-16/h3-4,11H,1-2,5-10H2. The third-order valence-electron chi connectivity index (χ3n) is 4.22. The fourth-order valence-corrected chi connectivity index (χ4v) is 4.57. The molecule has 23 heavy (non-hydrogen) atoms. The van der Waals surface area contributed by atoms with Crippen LogP contribution in [0.1, 0.15) is 12.8 Å². The first-order chi connectivity index (χ1) is 11.0. The molecule has 2 aliphatic heterocycles. The number of rotatable bonds is 4. The maximum Gasteiger partial charge on any atom is 0.287 e. The zero-order chi connectivity index (χ0) is 16.4. The summed E-state index contributed by atoms with van der Waals surface area (Å²) in [5.41, 5.74) is -0.0519. The average Bonchev–Trinajstić information content (AvgIpc) is 3.10. The van der Waals surface area contributed by atoms with Gasteiger partial charge >= 0.3 is 0 Å². The molecular formula is C13H19N5O4S. The SMILES string of the molecule is O=[N+]([O-])c1ccc(N2CCN(S(=O)(=O)N3CCCC3)CC2)nc1. The summed E-state index contributed by atoms with van der Waals surface area (Å²) in [6, 6.07) is 3.01. The molecule has 126 valence electrons. The minimum absolute atomic E-state index is 0.0519. The van der Waals surface area contributed by atoms with Crippen molar-refractivity contribution in [2.45, 2.75) is 12.8 Å². The predicted octanol–water partition coefficient (Wildman–Crippen LogP) is 0.452. The molecule has 1 aromatic rings. The quantitative estimate of drug-likeness (QED) is 0.582. The van der Waals surface area contributed by atoms with Crippen LogP contribution in [-0.4, -0.2) is 66.2 Å². The first-order valence-corrected chi connectivity index (χ1v) is 8.99. The van der Waals surface area contributed by atoms with E-state index in [-0.39, 0.29) is 5.69 Å². The number of hydrogen-bond donors (Lipinski definition) is 0. The lowest BCUT2D eigenvalue weighted by molar-refractivity contribution is -0.385. The summed E-state index contributed by atoms with van der Waals surface area (Å²) in [6.45, 7) is 3.06. The van der Waals surface area contributed by atoms with Gasteiger partial charge in [-0.1, -0.05) is 0 Å². The molecular weight excluding hydrogens is 322 g/mol. The zero-order valence-electron chi connectivity index (χ0n) is 12.7. The topological polar surface area (TPSA) is 99.9 Å². The summed E-state index contributed by atoms with van der Waals surface area (Å²) >= 11 is 0. The van der Waals surface area contributed by atoms with Crippen LogP contribution in [0.3, 0.4) is 0 Å². The number of nitro groups is 1.